The molecule has 0 bridgehead atoms. The number of aliphatic imine (C=N–C) groups is 1. The molecule has 8 heteroatoms. The molecule has 1 aromatic rings. The first-order valence-corrected chi connectivity index (χ1v) is 9.28. The third-order valence-electron chi connectivity index (χ3n) is 4.59. The Labute approximate surface area is 158 Å². The molecule has 0 aromatic heterocycles. The van der Waals surface area contributed by atoms with E-state index in [-0.39, 0.29) is 23.5 Å². The minimum Gasteiger partial charge on any atom is -0.369 e. The highest BCUT2D eigenvalue weighted by Crippen LogP contribution is 2.25. The Hall–Kier alpha value is -2.02. The van der Waals surface area contributed by atoms with Crippen molar-refractivity contribution in [3.05, 3.63) is 29.0 Å². The van der Waals surface area contributed by atoms with Crippen LogP contribution in [0.5, 0.6) is 0 Å². The molecule has 26 heavy (non-hydrogen) atoms. The number of rotatable bonds is 5. The molecule has 1 heterocycles. The van der Waals surface area contributed by atoms with Gasteiger partial charge in [-0.15, -0.1) is 0 Å². The van der Waals surface area contributed by atoms with Crippen LogP contribution in [-0.2, 0) is 4.79 Å². The van der Waals surface area contributed by atoms with E-state index < -0.39 is 5.82 Å². The molecule has 6 nitrogen and oxygen atoms in total. The highest BCUT2D eigenvalue weighted by molar-refractivity contribution is 6.30. The second-order valence-corrected chi connectivity index (χ2v) is 7.45. The molecule has 0 radical (unpaired) electrons. The highest BCUT2D eigenvalue weighted by Gasteiger charge is 2.27. The molecular formula is C18H25ClFN5O. The van der Waals surface area contributed by atoms with E-state index in [1.54, 1.807) is 20.2 Å². The van der Waals surface area contributed by atoms with Crippen molar-refractivity contribution >= 4 is 29.2 Å². The van der Waals surface area contributed by atoms with Crippen LogP contribution in [-0.4, -0.2) is 62.6 Å². The summed E-state index contributed by atoms with van der Waals surface area (Å²) in [4.78, 5) is 19.9. The molecule has 2 N–H and O–H groups in total. The number of carbonyl (C=O) groups excluding carboxylic acids is 1. The average molecular weight is 382 g/mol. The van der Waals surface area contributed by atoms with Gasteiger partial charge in [0.05, 0.1) is 5.02 Å². The molecule has 1 aliphatic heterocycles. The Morgan fingerprint density at radius 2 is 2.04 bits per heavy atom. The maximum Gasteiger partial charge on any atom is 0.243 e. The van der Waals surface area contributed by atoms with Gasteiger partial charge in [-0.1, -0.05) is 11.6 Å². The number of hydrogen-bond acceptors (Lipinski definition) is 3. The van der Waals surface area contributed by atoms with Crippen LogP contribution >= 0.6 is 11.6 Å². The minimum atomic E-state index is -0.402. The second kappa shape index (κ2) is 8.12. The summed E-state index contributed by atoms with van der Waals surface area (Å²) >= 11 is 5.76. The van der Waals surface area contributed by atoms with E-state index in [0.29, 0.717) is 12.0 Å². The van der Waals surface area contributed by atoms with Gasteiger partial charge in [0, 0.05) is 45.0 Å². The Morgan fingerprint density at radius 1 is 1.31 bits per heavy atom. The number of guanidine groups is 1. The normalized spacial score (nSPS) is 20.2. The van der Waals surface area contributed by atoms with Gasteiger partial charge >= 0.3 is 0 Å². The van der Waals surface area contributed by atoms with E-state index >= 15 is 0 Å². The average Bonchev–Trinajstić information content (AvgIpc) is 3.30. The Bertz CT molecular complexity index is 692. The molecule has 1 amide bonds. The number of likely N-dealkylation sites (N-methyl/N-ethyl adjacent to an activating group) is 1. The van der Waals surface area contributed by atoms with Gasteiger partial charge in [0.25, 0.3) is 0 Å². The van der Waals surface area contributed by atoms with E-state index in [0.717, 1.165) is 38.0 Å². The maximum absolute atomic E-state index is 13.7. The number of halogens is 2. The number of benzene rings is 1. The van der Waals surface area contributed by atoms with Gasteiger partial charge in [0.2, 0.25) is 5.91 Å². The minimum absolute atomic E-state index is 0.0356. The number of nitrogens with zero attached hydrogens (tertiary/aromatic N) is 3. The third-order valence-corrected chi connectivity index (χ3v) is 4.89. The summed E-state index contributed by atoms with van der Waals surface area (Å²) in [6.07, 6.45) is 3.17. The lowest BCUT2D eigenvalue weighted by molar-refractivity contribution is -0.127. The van der Waals surface area contributed by atoms with Crippen molar-refractivity contribution < 1.29 is 9.18 Å². The molecule has 0 spiro atoms. The summed E-state index contributed by atoms with van der Waals surface area (Å²) < 4.78 is 13.7. The lowest BCUT2D eigenvalue weighted by Crippen LogP contribution is -2.46. The molecule has 1 unspecified atom stereocenters. The SMILES string of the molecule is CN(C)C(=O)CN=C(NC1CC1)NC1CCN(c2ccc(Cl)c(F)c2)C1. The van der Waals surface area contributed by atoms with Crippen LogP contribution in [0.3, 0.4) is 0 Å². The van der Waals surface area contributed by atoms with Crippen molar-refractivity contribution in [3.63, 3.8) is 0 Å². The molecule has 2 fully saturated rings. The van der Waals surface area contributed by atoms with Crippen molar-refractivity contribution in [3.8, 4) is 0 Å². The summed E-state index contributed by atoms with van der Waals surface area (Å²) in [5.74, 6) is 0.240. The van der Waals surface area contributed by atoms with Crippen LogP contribution in [0.1, 0.15) is 19.3 Å². The standard InChI is InChI=1S/C18H25ClFN5O/c1-24(2)17(26)10-21-18(22-12-3-4-12)23-13-7-8-25(11-13)14-5-6-15(19)16(20)9-14/h5-6,9,12-13H,3-4,7-8,10-11H2,1-2H3,(H2,21,22,23). The Balaban J connectivity index is 1.59. The summed E-state index contributed by atoms with van der Waals surface area (Å²) in [5, 5.41) is 6.90. The van der Waals surface area contributed by atoms with E-state index in [4.69, 9.17) is 11.6 Å². The first-order valence-electron chi connectivity index (χ1n) is 8.90. The molecule has 3 rings (SSSR count). The van der Waals surface area contributed by atoms with E-state index in [1.807, 2.05) is 6.07 Å². The second-order valence-electron chi connectivity index (χ2n) is 7.05. The van der Waals surface area contributed by atoms with Crippen molar-refractivity contribution in [2.24, 2.45) is 4.99 Å². The topological polar surface area (TPSA) is 60.0 Å². The monoisotopic (exact) mass is 381 g/mol. The Morgan fingerprint density at radius 3 is 2.69 bits per heavy atom. The van der Waals surface area contributed by atoms with Gasteiger partial charge in [-0.2, -0.15) is 0 Å². The maximum atomic E-state index is 13.7. The first-order chi connectivity index (χ1) is 12.4. The van der Waals surface area contributed by atoms with Crippen molar-refractivity contribution in [2.45, 2.75) is 31.3 Å². The summed E-state index contributed by atoms with van der Waals surface area (Å²) in [6, 6.07) is 5.52. The fourth-order valence-corrected chi connectivity index (χ4v) is 2.95. The quantitative estimate of drug-likeness (QED) is 0.603. The van der Waals surface area contributed by atoms with Crippen molar-refractivity contribution in [2.75, 3.05) is 38.6 Å². The zero-order valence-electron chi connectivity index (χ0n) is 15.1. The number of nitrogens with one attached hydrogen (secondary N) is 2. The molecule has 1 atom stereocenters. The fraction of sp³-hybridized carbons (Fsp3) is 0.556. The largest absolute Gasteiger partial charge is 0.369 e. The van der Waals surface area contributed by atoms with Crippen LogP contribution in [0.15, 0.2) is 23.2 Å². The van der Waals surface area contributed by atoms with Crippen LogP contribution in [0.2, 0.25) is 5.02 Å². The molecule has 1 aliphatic carbocycles. The van der Waals surface area contributed by atoms with Crippen molar-refractivity contribution in [1.82, 2.24) is 15.5 Å². The zero-order valence-corrected chi connectivity index (χ0v) is 15.9. The molecule has 1 saturated heterocycles. The number of carbonyl (C=O) groups is 1. The van der Waals surface area contributed by atoms with Crippen molar-refractivity contribution in [1.29, 1.82) is 0 Å². The fourth-order valence-electron chi connectivity index (χ4n) is 2.83. The van der Waals surface area contributed by atoms with Crippen LogP contribution < -0.4 is 15.5 Å². The summed E-state index contributed by atoms with van der Waals surface area (Å²) in [5.41, 5.74) is 0.827. The van der Waals surface area contributed by atoms with Gasteiger partial charge < -0.3 is 20.4 Å². The summed E-state index contributed by atoms with van der Waals surface area (Å²) in [7, 11) is 3.44. The van der Waals surface area contributed by atoms with Gasteiger partial charge in [0.15, 0.2) is 5.96 Å². The summed E-state index contributed by atoms with van der Waals surface area (Å²) in [6.45, 7) is 1.69. The molecule has 1 saturated carbocycles. The van der Waals surface area contributed by atoms with Crippen LogP contribution in [0.4, 0.5) is 10.1 Å². The molecular weight excluding hydrogens is 357 g/mol. The zero-order chi connectivity index (χ0) is 18.7. The highest BCUT2D eigenvalue weighted by atomic mass is 35.5. The third kappa shape index (κ3) is 5.00. The number of hydrogen-bond donors (Lipinski definition) is 2. The molecule has 1 aromatic carbocycles. The predicted molar refractivity (Wildman–Crippen MR) is 102 cm³/mol. The Kier molecular flexibility index (Phi) is 5.86. The van der Waals surface area contributed by atoms with Gasteiger partial charge in [-0.3, -0.25) is 4.79 Å². The lowest BCUT2D eigenvalue weighted by Gasteiger charge is -2.21. The van der Waals surface area contributed by atoms with Gasteiger partial charge in [-0.25, -0.2) is 9.38 Å². The molecule has 142 valence electrons. The van der Waals surface area contributed by atoms with Crippen LogP contribution in [0, 0.1) is 5.82 Å². The number of anilines is 1. The van der Waals surface area contributed by atoms with E-state index in [1.165, 1.54) is 11.0 Å². The lowest BCUT2D eigenvalue weighted by atomic mass is 10.2. The van der Waals surface area contributed by atoms with Gasteiger partial charge in [-0.05, 0) is 37.5 Å². The first kappa shape index (κ1) is 18.8. The van der Waals surface area contributed by atoms with Crippen LogP contribution in [0.25, 0.3) is 0 Å². The van der Waals surface area contributed by atoms with Gasteiger partial charge in [0.1, 0.15) is 12.4 Å². The predicted octanol–water partition coefficient (Wildman–Crippen LogP) is 1.84. The number of amides is 1. The molecule has 2 aliphatic rings. The van der Waals surface area contributed by atoms with E-state index in [2.05, 4.69) is 20.5 Å². The smallest absolute Gasteiger partial charge is 0.243 e. The van der Waals surface area contributed by atoms with E-state index in [9.17, 15) is 9.18 Å².